The minimum atomic E-state index is -4.51. The maximum Gasteiger partial charge on any atom is 0.433 e. The van der Waals surface area contributed by atoms with E-state index in [1.54, 1.807) is 23.2 Å². The van der Waals surface area contributed by atoms with Gasteiger partial charge < -0.3 is 9.64 Å². The predicted octanol–water partition coefficient (Wildman–Crippen LogP) is 3.15. The van der Waals surface area contributed by atoms with E-state index in [2.05, 4.69) is 20.2 Å². The van der Waals surface area contributed by atoms with Gasteiger partial charge in [0.25, 0.3) is 5.91 Å². The summed E-state index contributed by atoms with van der Waals surface area (Å²) < 4.78 is 44.3. The molecule has 2 bridgehead atoms. The molecule has 2 aliphatic rings. The van der Waals surface area contributed by atoms with Crippen LogP contribution in [-0.4, -0.2) is 54.0 Å². The number of nitrogens with zero attached hydrogens (tertiary/aromatic N) is 6. The van der Waals surface area contributed by atoms with Crippen molar-refractivity contribution in [3.8, 4) is 11.4 Å². The van der Waals surface area contributed by atoms with Crippen LogP contribution >= 0.6 is 0 Å². The number of rotatable bonds is 4. The first kappa shape index (κ1) is 20.4. The first-order chi connectivity index (χ1) is 15.3. The number of carbonyl (C=O) groups is 1. The van der Waals surface area contributed by atoms with Crippen LogP contribution < -0.4 is 4.74 Å². The standard InChI is InChI=1S/C21H19F3N6O2/c1-12-13-9-16(17(10-13)32-14-4-5-18(26-11-14)21(22,23)24)29(12)20(31)19-15(3-2-6-25-19)30-27-7-8-28-30/h2-8,11-13,16-17H,9-10H2,1H3. The molecule has 0 spiro atoms. The molecule has 1 amide bonds. The van der Waals surface area contributed by atoms with Crippen molar-refractivity contribution in [2.75, 3.05) is 0 Å². The summed E-state index contributed by atoms with van der Waals surface area (Å²) in [6.45, 7) is 1.99. The van der Waals surface area contributed by atoms with Gasteiger partial charge in [0.15, 0.2) is 5.69 Å². The molecule has 0 radical (unpaired) electrons. The highest BCUT2D eigenvalue weighted by Crippen LogP contribution is 2.44. The molecule has 4 unspecified atom stereocenters. The molecule has 3 aromatic rings. The molecule has 5 rings (SSSR count). The van der Waals surface area contributed by atoms with Gasteiger partial charge in [-0.15, -0.1) is 4.80 Å². The molecule has 0 N–H and O–H groups in total. The summed E-state index contributed by atoms with van der Waals surface area (Å²) >= 11 is 0. The summed E-state index contributed by atoms with van der Waals surface area (Å²) in [5.41, 5.74) is -0.266. The number of halogens is 3. The van der Waals surface area contributed by atoms with Gasteiger partial charge in [-0.2, -0.15) is 23.4 Å². The number of fused-ring (bicyclic) bond motifs is 2. The summed E-state index contributed by atoms with van der Waals surface area (Å²) in [5, 5.41) is 8.20. The molecule has 32 heavy (non-hydrogen) atoms. The van der Waals surface area contributed by atoms with E-state index < -0.39 is 11.9 Å². The normalized spacial score (nSPS) is 24.7. The number of pyridine rings is 2. The maximum atomic E-state index is 13.5. The molecule has 1 aliphatic carbocycles. The molecule has 0 aromatic carbocycles. The predicted molar refractivity (Wildman–Crippen MR) is 105 cm³/mol. The third kappa shape index (κ3) is 3.47. The highest BCUT2D eigenvalue weighted by atomic mass is 19.4. The summed E-state index contributed by atoms with van der Waals surface area (Å²) in [6.07, 6.45) is 2.28. The minimum absolute atomic E-state index is 0.0153. The van der Waals surface area contributed by atoms with Crippen molar-refractivity contribution in [2.24, 2.45) is 5.92 Å². The number of ether oxygens (including phenoxy) is 1. The Hall–Kier alpha value is -3.50. The fraction of sp³-hybridized carbons (Fsp3) is 0.381. The Bertz CT molecular complexity index is 1120. The van der Waals surface area contributed by atoms with Gasteiger partial charge in [-0.25, -0.2) is 9.97 Å². The van der Waals surface area contributed by atoms with E-state index >= 15 is 0 Å². The van der Waals surface area contributed by atoms with Gasteiger partial charge in [-0.1, -0.05) is 0 Å². The van der Waals surface area contributed by atoms with E-state index in [9.17, 15) is 18.0 Å². The van der Waals surface area contributed by atoms with Crippen molar-refractivity contribution in [2.45, 2.75) is 44.1 Å². The van der Waals surface area contributed by atoms with Crippen molar-refractivity contribution in [3.05, 3.63) is 60.4 Å². The van der Waals surface area contributed by atoms with E-state index in [-0.39, 0.29) is 41.5 Å². The molecule has 11 heteroatoms. The highest BCUT2D eigenvalue weighted by Gasteiger charge is 2.53. The second-order valence-corrected chi connectivity index (χ2v) is 7.97. The zero-order valence-electron chi connectivity index (χ0n) is 17.0. The lowest BCUT2D eigenvalue weighted by Crippen LogP contribution is -2.51. The second kappa shape index (κ2) is 7.57. The van der Waals surface area contributed by atoms with Crippen LogP contribution in [0, 0.1) is 5.92 Å². The lowest BCUT2D eigenvalue weighted by molar-refractivity contribution is -0.141. The maximum absolute atomic E-state index is 13.5. The Balaban J connectivity index is 1.38. The highest BCUT2D eigenvalue weighted by molar-refractivity contribution is 5.96. The van der Waals surface area contributed by atoms with Crippen LogP contribution in [0.3, 0.4) is 0 Å². The van der Waals surface area contributed by atoms with Crippen molar-refractivity contribution in [1.29, 1.82) is 0 Å². The van der Waals surface area contributed by atoms with Gasteiger partial charge in [0, 0.05) is 12.2 Å². The van der Waals surface area contributed by atoms with Crippen LogP contribution in [0.4, 0.5) is 13.2 Å². The molecule has 4 atom stereocenters. The molecule has 1 saturated heterocycles. The third-order valence-electron chi connectivity index (χ3n) is 6.16. The van der Waals surface area contributed by atoms with Crippen LogP contribution in [0.2, 0.25) is 0 Å². The smallest absolute Gasteiger partial charge is 0.433 e. The average Bonchev–Trinajstić information content (AvgIpc) is 3.50. The average molecular weight is 444 g/mol. The number of aromatic nitrogens is 5. The van der Waals surface area contributed by atoms with E-state index in [0.29, 0.717) is 12.1 Å². The fourth-order valence-corrected chi connectivity index (χ4v) is 4.67. The molecule has 1 aliphatic heterocycles. The molecule has 3 aromatic heterocycles. The van der Waals surface area contributed by atoms with Gasteiger partial charge in [0.2, 0.25) is 0 Å². The Morgan fingerprint density at radius 2 is 1.88 bits per heavy atom. The summed E-state index contributed by atoms with van der Waals surface area (Å²) in [7, 11) is 0. The first-order valence-electron chi connectivity index (χ1n) is 10.2. The van der Waals surface area contributed by atoms with Crippen LogP contribution in [0.15, 0.2) is 49.1 Å². The molecule has 4 heterocycles. The Morgan fingerprint density at radius 3 is 2.53 bits per heavy atom. The number of alkyl halides is 3. The lowest BCUT2D eigenvalue weighted by Gasteiger charge is -2.37. The summed E-state index contributed by atoms with van der Waals surface area (Å²) in [6, 6.07) is 5.35. The SMILES string of the molecule is CC1C2CC(Oc3ccc(C(F)(F)F)nc3)C(C2)N1C(=O)c1ncccc1-n1nccn1. The number of hydrogen-bond donors (Lipinski definition) is 0. The number of amides is 1. The third-order valence-corrected chi connectivity index (χ3v) is 6.16. The van der Waals surface area contributed by atoms with Gasteiger partial charge in [-0.3, -0.25) is 4.79 Å². The van der Waals surface area contributed by atoms with E-state index in [1.165, 1.54) is 23.3 Å². The van der Waals surface area contributed by atoms with Gasteiger partial charge in [0.05, 0.1) is 24.6 Å². The Morgan fingerprint density at radius 1 is 1.09 bits per heavy atom. The number of hydrogen-bond acceptors (Lipinski definition) is 6. The van der Waals surface area contributed by atoms with E-state index in [1.807, 2.05) is 6.92 Å². The fourth-order valence-electron chi connectivity index (χ4n) is 4.67. The first-order valence-corrected chi connectivity index (χ1v) is 10.2. The van der Waals surface area contributed by atoms with E-state index in [4.69, 9.17) is 4.74 Å². The molecule has 2 fully saturated rings. The summed E-state index contributed by atoms with van der Waals surface area (Å²) in [4.78, 5) is 24.4. The Kier molecular flexibility index (Phi) is 4.83. The molecule has 166 valence electrons. The molecular formula is C21H19F3N6O2. The van der Waals surface area contributed by atoms with Gasteiger partial charge in [0.1, 0.15) is 23.2 Å². The number of carbonyl (C=O) groups excluding carboxylic acids is 1. The topological polar surface area (TPSA) is 86.0 Å². The van der Waals surface area contributed by atoms with Crippen LogP contribution in [0.25, 0.3) is 5.69 Å². The number of likely N-dealkylation sites (tertiary alicyclic amines) is 1. The van der Waals surface area contributed by atoms with Crippen molar-refractivity contribution in [1.82, 2.24) is 29.9 Å². The molecular weight excluding hydrogens is 425 g/mol. The van der Waals surface area contributed by atoms with Crippen LogP contribution in [0.1, 0.15) is 35.9 Å². The molecule has 8 nitrogen and oxygen atoms in total. The lowest BCUT2D eigenvalue weighted by atomic mass is 9.98. The Labute approximate surface area is 181 Å². The minimum Gasteiger partial charge on any atom is -0.487 e. The van der Waals surface area contributed by atoms with Crippen LogP contribution in [-0.2, 0) is 6.18 Å². The largest absolute Gasteiger partial charge is 0.487 e. The van der Waals surface area contributed by atoms with Gasteiger partial charge in [-0.05, 0) is 49.9 Å². The van der Waals surface area contributed by atoms with E-state index in [0.717, 1.165) is 18.7 Å². The van der Waals surface area contributed by atoms with Crippen LogP contribution in [0.5, 0.6) is 5.75 Å². The zero-order chi connectivity index (χ0) is 22.5. The quantitative estimate of drug-likeness (QED) is 0.615. The molecule has 1 saturated carbocycles. The second-order valence-electron chi connectivity index (χ2n) is 7.97. The van der Waals surface area contributed by atoms with Crippen molar-refractivity contribution >= 4 is 5.91 Å². The monoisotopic (exact) mass is 444 g/mol. The van der Waals surface area contributed by atoms with Gasteiger partial charge >= 0.3 is 6.18 Å². The number of piperidine rings is 1. The zero-order valence-corrected chi connectivity index (χ0v) is 17.0. The van der Waals surface area contributed by atoms with Crippen molar-refractivity contribution < 1.29 is 22.7 Å². The van der Waals surface area contributed by atoms with Crippen molar-refractivity contribution in [3.63, 3.8) is 0 Å². The summed E-state index contributed by atoms with van der Waals surface area (Å²) in [5.74, 6) is 0.220.